The van der Waals surface area contributed by atoms with E-state index in [0.717, 1.165) is 26.2 Å². The Morgan fingerprint density at radius 1 is 1.05 bits per heavy atom. The molecule has 4 nitrogen and oxygen atoms in total. The average molecular weight is 311 g/mol. The van der Waals surface area contributed by atoms with Crippen molar-refractivity contribution >= 4 is 17.7 Å². The van der Waals surface area contributed by atoms with Gasteiger partial charge in [-0.05, 0) is 64.7 Å². The lowest BCUT2D eigenvalue weighted by Gasteiger charge is -2.37. The fourth-order valence-electron chi connectivity index (χ4n) is 3.83. The van der Waals surface area contributed by atoms with Gasteiger partial charge in [-0.15, -0.1) is 11.8 Å². The molecule has 0 bridgehead atoms. The Hall–Kier alpha value is -0.260. The number of nitrogens with zero attached hydrogens (tertiary/aromatic N) is 2. The van der Waals surface area contributed by atoms with E-state index < -0.39 is 0 Å². The van der Waals surface area contributed by atoms with Crippen LogP contribution in [0.5, 0.6) is 0 Å². The van der Waals surface area contributed by atoms with Gasteiger partial charge >= 0.3 is 0 Å². The van der Waals surface area contributed by atoms with Crippen molar-refractivity contribution in [1.29, 1.82) is 0 Å². The van der Waals surface area contributed by atoms with Gasteiger partial charge in [0.05, 0.1) is 5.75 Å². The number of piperidine rings is 2. The minimum absolute atomic E-state index is 0.377. The lowest BCUT2D eigenvalue weighted by atomic mass is 10.0. The van der Waals surface area contributed by atoms with Crippen molar-refractivity contribution in [2.75, 3.05) is 45.0 Å². The van der Waals surface area contributed by atoms with Gasteiger partial charge in [0.15, 0.2) is 0 Å². The quantitative estimate of drug-likeness (QED) is 0.855. The highest BCUT2D eigenvalue weighted by Crippen LogP contribution is 2.23. The zero-order valence-electron chi connectivity index (χ0n) is 13.1. The summed E-state index contributed by atoms with van der Waals surface area (Å²) in [6.45, 7) is 6.69. The molecule has 1 amide bonds. The molecule has 0 aromatic heterocycles. The second-order valence-electron chi connectivity index (χ2n) is 6.64. The van der Waals surface area contributed by atoms with Gasteiger partial charge in [-0.2, -0.15) is 0 Å². The summed E-state index contributed by atoms with van der Waals surface area (Å²) in [7, 11) is 0. The molecule has 1 unspecified atom stereocenters. The lowest BCUT2D eigenvalue weighted by molar-refractivity contribution is -0.130. The zero-order chi connectivity index (χ0) is 14.5. The summed E-state index contributed by atoms with van der Waals surface area (Å²) in [5.41, 5.74) is 0. The zero-order valence-corrected chi connectivity index (χ0v) is 13.9. The molecule has 120 valence electrons. The molecule has 1 N–H and O–H groups in total. The monoisotopic (exact) mass is 311 g/mol. The summed E-state index contributed by atoms with van der Waals surface area (Å²) >= 11 is 1.89. The fourth-order valence-corrected chi connectivity index (χ4v) is 4.96. The summed E-state index contributed by atoms with van der Waals surface area (Å²) in [6, 6.07) is 0.633. The van der Waals surface area contributed by atoms with Gasteiger partial charge in [-0.1, -0.05) is 0 Å². The van der Waals surface area contributed by atoms with Crippen LogP contribution >= 0.6 is 11.8 Å². The van der Waals surface area contributed by atoms with E-state index in [9.17, 15) is 4.79 Å². The third-order valence-electron chi connectivity index (χ3n) is 5.13. The van der Waals surface area contributed by atoms with Crippen LogP contribution in [0.25, 0.3) is 0 Å². The highest BCUT2D eigenvalue weighted by atomic mass is 32.2. The normalized spacial score (nSPS) is 29.0. The molecule has 1 atom stereocenters. The van der Waals surface area contributed by atoms with E-state index in [1.165, 1.54) is 51.6 Å². The van der Waals surface area contributed by atoms with E-state index in [2.05, 4.69) is 15.1 Å². The van der Waals surface area contributed by atoms with E-state index in [-0.39, 0.29) is 0 Å². The van der Waals surface area contributed by atoms with Crippen LogP contribution in [0, 0.1) is 0 Å². The van der Waals surface area contributed by atoms with Crippen LogP contribution in [0.3, 0.4) is 0 Å². The molecule has 0 saturated carbocycles. The van der Waals surface area contributed by atoms with Crippen LogP contribution in [-0.4, -0.2) is 72.0 Å². The van der Waals surface area contributed by atoms with Gasteiger partial charge in [0, 0.05) is 24.4 Å². The molecule has 21 heavy (non-hydrogen) atoms. The number of hydrogen-bond acceptors (Lipinski definition) is 4. The van der Waals surface area contributed by atoms with E-state index in [1.54, 1.807) is 0 Å². The average Bonchev–Trinajstić information content (AvgIpc) is 3.08. The highest BCUT2D eigenvalue weighted by Gasteiger charge is 2.29. The van der Waals surface area contributed by atoms with Crippen molar-refractivity contribution in [3.8, 4) is 0 Å². The van der Waals surface area contributed by atoms with Gasteiger partial charge in [0.25, 0.3) is 0 Å². The van der Waals surface area contributed by atoms with Crippen molar-refractivity contribution in [1.82, 2.24) is 15.1 Å². The Labute approximate surface area is 133 Å². The first-order valence-corrected chi connectivity index (χ1v) is 9.72. The third kappa shape index (κ3) is 4.36. The Kier molecular flexibility index (Phi) is 5.83. The summed E-state index contributed by atoms with van der Waals surface area (Å²) in [4.78, 5) is 17.2. The molecule has 0 aromatic carbocycles. The van der Waals surface area contributed by atoms with Crippen LogP contribution in [0.2, 0.25) is 0 Å². The van der Waals surface area contributed by atoms with Crippen LogP contribution in [0.15, 0.2) is 0 Å². The number of thioether (sulfide) groups is 1. The van der Waals surface area contributed by atoms with Gasteiger partial charge in [-0.3, -0.25) is 9.69 Å². The second-order valence-corrected chi connectivity index (χ2v) is 7.93. The predicted octanol–water partition coefficient (Wildman–Crippen LogP) is 1.56. The van der Waals surface area contributed by atoms with Crippen molar-refractivity contribution in [2.45, 2.75) is 49.8 Å². The Bertz CT molecular complexity index is 340. The summed E-state index contributed by atoms with van der Waals surface area (Å²) in [5, 5.41) is 4.08. The molecule has 3 saturated heterocycles. The largest absolute Gasteiger partial charge is 0.340 e. The van der Waals surface area contributed by atoms with Gasteiger partial charge in [0.1, 0.15) is 0 Å². The van der Waals surface area contributed by atoms with Crippen LogP contribution < -0.4 is 5.32 Å². The summed E-state index contributed by atoms with van der Waals surface area (Å²) in [5.74, 6) is 1.07. The molecule has 0 aromatic rings. The minimum atomic E-state index is 0.377. The standard InChI is InChI=1S/C16H29N3OS/c20-16(13-21-15-5-7-17-8-6-15)19-11-3-4-14(12-19)18-9-1-2-10-18/h14-15,17H,1-13H2. The molecule has 3 aliphatic heterocycles. The van der Waals surface area contributed by atoms with Crippen molar-refractivity contribution in [2.24, 2.45) is 0 Å². The molecule has 3 heterocycles. The van der Waals surface area contributed by atoms with Crippen molar-refractivity contribution < 1.29 is 4.79 Å². The molecule has 3 fully saturated rings. The molecule has 0 spiro atoms. The van der Waals surface area contributed by atoms with Crippen LogP contribution in [0.4, 0.5) is 0 Å². The van der Waals surface area contributed by atoms with Crippen molar-refractivity contribution in [3.63, 3.8) is 0 Å². The number of hydrogen-bond donors (Lipinski definition) is 1. The summed E-state index contributed by atoms with van der Waals surface area (Å²) in [6.07, 6.45) is 7.59. The number of amides is 1. The van der Waals surface area contributed by atoms with Gasteiger partial charge < -0.3 is 10.2 Å². The molecular formula is C16H29N3OS. The SMILES string of the molecule is O=C(CSC1CCNCC1)N1CCCC(N2CCCC2)C1. The van der Waals surface area contributed by atoms with E-state index in [4.69, 9.17) is 0 Å². The smallest absolute Gasteiger partial charge is 0.232 e. The molecule has 3 rings (SSSR count). The number of carbonyl (C=O) groups is 1. The fraction of sp³-hybridized carbons (Fsp3) is 0.938. The Morgan fingerprint density at radius 3 is 2.57 bits per heavy atom. The number of nitrogens with one attached hydrogen (secondary N) is 1. The van der Waals surface area contributed by atoms with Gasteiger partial charge in [-0.25, -0.2) is 0 Å². The molecule has 0 aliphatic carbocycles. The number of rotatable bonds is 4. The lowest BCUT2D eigenvalue weighted by Crippen LogP contribution is -2.49. The van der Waals surface area contributed by atoms with Crippen molar-refractivity contribution in [3.05, 3.63) is 0 Å². The maximum Gasteiger partial charge on any atom is 0.232 e. The maximum atomic E-state index is 12.5. The molecule has 3 aliphatic rings. The van der Waals surface area contributed by atoms with Crippen LogP contribution in [0.1, 0.15) is 38.5 Å². The molecule has 5 heteroatoms. The third-order valence-corrected chi connectivity index (χ3v) is 6.49. The Morgan fingerprint density at radius 2 is 1.81 bits per heavy atom. The highest BCUT2D eigenvalue weighted by molar-refractivity contribution is 8.00. The predicted molar refractivity (Wildman–Crippen MR) is 88.8 cm³/mol. The number of likely N-dealkylation sites (tertiary alicyclic amines) is 2. The first kappa shape index (κ1) is 15.6. The summed E-state index contributed by atoms with van der Waals surface area (Å²) < 4.78 is 0. The molecule has 0 radical (unpaired) electrons. The van der Waals surface area contributed by atoms with E-state index in [0.29, 0.717) is 23.0 Å². The van der Waals surface area contributed by atoms with Gasteiger partial charge in [0.2, 0.25) is 5.91 Å². The van der Waals surface area contributed by atoms with E-state index in [1.807, 2.05) is 11.8 Å². The number of carbonyl (C=O) groups excluding carboxylic acids is 1. The van der Waals surface area contributed by atoms with Crippen LogP contribution in [-0.2, 0) is 4.79 Å². The topological polar surface area (TPSA) is 35.6 Å². The Balaban J connectivity index is 1.42. The van der Waals surface area contributed by atoms with E-state index >= 15 is 0 Å². The first-order chi connectivity index (χ1) is 10.3. The minimum Gasteiger partial charge on any atom is -0.340 e. The molecular weight excluding hydrogens is 282 g/mol. The first-order valence-electron chi connectivity index (χ1n) is 8.67. The maximum absolute atomic E-state index is 12.5. The second kappa shape index (κ2) is 7.84.